The van der Waals surface area contributed by atoms with Crippen molar-refractivity contribution >= 4 is 27.4 Å². The summed E-state index contributed by atoms with van der Waals surface area (Å²) in [6, 6.07) is 4.36. The molecule has 0 aliphatic carbocycles. The number of anilines is 1. The first kappa shape index (κ1) is 12.1. The van der Waals surface area contributed by atoms with Crippen LogP contribution >= 0.6 is 15.9 Å². The van der Waals surface area contributed by atoms with Crippen LogP contribution in [-0.4, -0.2) is 16.5 Å². The van der Waals surface area contributed by atoms with Gasteiger partial charge >= 0.3 is 5.69 Å². The van der Waals surface area contributed by atoms with Gasteiger partial charge in [0.1, 0.15) is 11.9 Å². The summed E-state index contributed by atoms with van der Waals surface area (Å²) in [6.07, 6.45) is 0. The van der Waals surface area contributed by atoms with Crippen LogP contribution in [0.4, 0.5) is 11.5 Å². The summed E-state index contributed by atoms with van der Waals surface area (Å²) in [5, 5.41) is 22.1. The number of nitrogens with one attached hydrogen (secondary N) is 1. The van der Waals surface area contributed by atoms with Gasteiger partial charge in [0.2, 0.25) is 5.69 Å². The minimum Gasteiger partial charge on any atom is -0.365 e. The Hall–Kier alpha value is -1.94. The van der Waals surface area contributed by atoms with Crippen molar-refractivity contribution in [1.29, 1.82) is 5.26 Å². The minimum atomic E-state index is -0.640. The Labute approximate surface area is 99.9 Å². The fraction of sp³-hybridized carbons (Fsp3) is 0.111. The van der Waals surface area contributed by atoms with Crippen LogP contribution < -0.4 is 5.32 Å². The lowest BCUT2D eigenvalue weighted by Crippen LogP contribution is -2.04. The molecule has 1 N–H and O–H groups in total. The Bertz CT molecular complexity index is 481. The van der Waals surface area contributed by atoms with E-state index in [0.29, 0.717) is 16.8 Å². The van der Waals surface area contributed by atoms with E-state index < -0.39 is 4.92 Å². The molecule has 1 aromatic heterocycles. The van der Waals surface area contributed by atoms with Crippen molar-refractivity contribution < 1.29 is 4.92 Å². The minimum absolute atomic E-state index is 0.213. The highest BCUT2D eigenvalue weighted by Gasteiger charge is 2.15. The third kappa shape index (κ3) is 3.03. The van der Waals surface area contributed by atoms with E-state index >= 15 is 0 Å². The molecule has 16 heavy (non-hydrogen) atoms. The smallest absolute Gasteiger partial charge is 0.305 e. The van der Waals surface area contributed by atoms with Gasteiger partial charge in [-0.05, 0) is 6.07 Å². The number of nitrogens with zero attached hydrogens (tertiary/aromatic N) is 3. The number of pyridine rings is 1. The summed E-state index contributed by atoms with van der Waals surface area (Å²) in [4.78, 5) is 13.7. The van der Waals surface area contributed by atoms with E-state index in [9.17, 15) is 10.1 Å². The van der Waals surface area contributed by atoms with Gasteiger partial charge in [-0.25, -0.2) is 4.98 Å². The maximum atomic E-state index is 10.5. The summed E-state index contributed by atoms with van der Waals surface area (Å²) in [5.41, 5.74) is -0.513. The average Bonchev–Trinajstić information content (AvgIpc) is 2.25. The molecule has 0 bridgehead atoms. The zero-order valence-electron chi connectivity index (χ0n) is 8.11. The molecule has 6 nitrogen and oxygen atoms in total. The number of aromatic nitrogens is 1. The third-order valence-corrected chi connectivity index (χ3v) is 1.92. The van der Waals surface area contributed by atoms with Gasteiger partial charge in [-0.2, -0.15) is 5.26 Å². The normalized spacial score (nSPS) is 9.25. The van der Waals surface area contributed by atoms with E-state index in [1.807, 2.05) is 0 Å². The van der Waals surface area contributed by atoms with Gasteiger partial charge in [-0.1, -0.05) is 22.5 Å². The molecule has 0 aliphatic rings. The van der Waals surface area contributed by atoms with E-state index in [4.69, 9.17) is 5.26 Å². The predicted octanol–water partition coefficient (Wildman–Crippen LogP) is 2.18. The Morgan fingerprint density at radius 2 is 2.44 bits per heavy atom. The molecule has 1 heterocycles. The summed E-state index contributed by atoms with van der Waals surface area (Å²) in [6.45, 7) is 4.04. The molecule has 82 valence electrons. The van der Waals surface area contributed by atoms with Crippen LogP contribution in [0.3, 0.4) is 0 Å². The molecule has 0 amide bonds. The van der Waals surface area contributed by atoms with Crippen LogP contribution in [0.1, 0.15) is 5.69 Å². The first-order valence-corrected chi connectivity index (χ1v) is 4.96. The molecular weight excluding hydrogens is 276 g/mol. The van der Waals surface area contributed by atoms with Crippen LogP contribution in [0.2, 0.25) is 0 Å². The standard InChI is InChI=1S/C9H7BrN4O2/c1-6(10)5-12-9-3-2-8(14(15)16)7(4-11)13-9/h2-3H,1,5H2,(H,12,13). The summed E-state index contributed by atoms with van der Waals surface area (Å²) in [5.74, 6) is 0.391. The van der Waals surface area contributed by atoms with Crippen LogP contribution in [0.15, 0.2) is 23.2 Å². The average molecular weight is 283 g/mol. The van der Waals surface area contributed by atoms with Crippen molar-refractivity contribution in [1.82, 2.24) is 4.98 Å². The van der Waals surface area contributed by atoms with Crippen LogP contribution in [-0.2, 0) is 0 Å². The molecule has 0 unspecified atom stereocenters. The van der Waals surface area contributed by atoms with Crippen molar-refractivity contribution in [2.24, 2.45) is 0 Å². The van der Waals surface area contributed by atoms with E-state index in [-0.39, 0.29) is 11.4 Å². The Balaban J connectivity index is 2.96. The Kier molecular flexibility index (Phi) is 3.96. The van der Waals surface area contributed by atoms with Gasteiger partial charge in [0.05, 0.1) is 4.92 Å². The monoisotopic (exact) mass is 282 g/mol. The zero-order chi connectivity index (χ0) is 12.1. The van der Waals surface area contributed by atoms with Gasteiger partial charge in [-0.3, -0.25) is 10.1 Å². The number of rotatable bonds is 4. The molecular formula is C9H7BrN4O2. The highest BCUT2D eigenvalue weighted by atomic mass is 79.9. The lowest BCUT2D eigenvalue weighted by molar-refractivity contribution is -0.385. The molecule has 7 heteroatoms. The third-order valence-electron chi connectivity index (χ3n) is 1.64. The van der Waals surface area contributed by atoms with Gasteiger partial charge in [-0.15, -0.1) is 0 Å². The molecule has 0 saturated carbocycles. The lowest BCUT2D eigenvalue weighted by Gasteiger charge is -2.03. The number of hydrogen-bond acceptors (Lipinski definition) is 5. The molecule has 0 aromatic carbocycles. The predicted molar refractivity (Wildman–Crippen MR) is 62.2 cm³/mol. The van der Waals surface area contributed by atoms with Crippen molar-refractivity contribution in [3.05, 3.63) is 39.0 Å². The first-order chi connectivity index (χ1) is 7.54. The van der Waals surface area contributed by atoms with E-state index in [0.717, 1.165) is 0 Å². The van der Waals surface area contributed by atoms with E-state index in [1.165, 1.54) is 12.1 Å². The largest absolute Gasteiger partial charge is 0.365 e. The van der Waals surface area contributed by atoms with Crippen molar-refractivity contribution in [3.63, 3.8) is 0 Å². The number of hydrogen-bond donors (Lipinski definition) is 1. The van der Waals surface area contributed by atoms with Crippen molar-refractivity contribution in [2.45, 2.75) is 0 Å². The van der Waals surface area contributed by atoms with Gasteiger partial charge in [0.25, 0.3) is 0 Å². The van der Waals surface area contributed by atoms with Gasteiger partial charge < -0.3 is 5.32 Å². The van der Waals surface area contributed by atoms with Crippen molar-refractivity contribution in [3.8, 4) is 6.07 Å². The fourth-order valence-corrected chi connectivity index (χ4v) is 1.11. The maximum absolute atomic E-state index is 10.5. The van der Waals surface area contributed by atoms with E-state index in [1.54, 1.807) is 6.07 Å². The second-order valence-corrected chi connectivity index (χ2v) is 3.93. The SMILES string of the molecule is C=C(Br)CNc1ccc([N+](=O)[O-])c(C#N)n1. The summed E-state index contributed by atoms with van der Waals surface area (Å²) >= 11 is 3.15. The second kappa shape index (κ2) is 5.23. The molecule has 0 radical (unpaired) electrons. The van der Waals surface area contributed by atoms with E-state index in [2.05, 4.69) is 32.8 Å². The van der Waals surface area contributed by atoms with Crippen molar-refractivity contribution in [2.75, 3.05) is 11.9 Å². The van der Waals surface area contributed by atoms with Gasteiger partial charge in [0.15, 0.2) is 0 Å². The Morgan fingerprint density at radius 1 is 1.75 bits per heavy atom. The molecule has 0 atom stereocenters. The lowest BCUT2D eigenvalue weighted by atomic mass is 10.3. The molecule has 0 saturated heterocycles. The second-order valence-electron chi connectivity index (χ2n) is 2.80. The Morgan fingerprint density at radius 3 is 2.94 bits per heavy atom. The van der Waals surface area contributed by atoms with Crippen LogP contribution in [0.25, 0.3) is 0 Å². The molecule has 0 fully saturated rings. The number of nitro groups is 1. The highest BCUT2D eigenvalue weighted by Crippen LogP contribution is 2.18. The first-order valence-electron chi connectivity index (χ1n) is 4.17. The quantitative estimate of drug-likeness (QED) is 0.675. The zero-order valence-corrected chi connectivity index (χ0v) is 9.69. The number of halogens is 1. The van der Waals surface area contributed by atoms with Crippen LogP contribution in [0.5, 0.6) is 0 Å². The van der Waals surface area contributed by atoms with Gasteiger partial charge in [0, 0.05) is 17.1 Å². The topological polar surface area (TPSA) is 91.9 Å². The fourth-order valence-electron chi connectivity index (χ4n) is 0.966. The molecule has 0 spiro atoms. The van der Waals surface area contributed by atoms with Crippen LogP contribution in [0, 0.1) is 21.4 Å². The molecule has 0 aliphatic heterocycles. The highest BCUT2D eigenvalue weighted by molar-refractivity contribution is 9.11. The summed E-state index contributed by atoms with van der Waals surface area (Å²) < 4.78 is 0.714. The molecule has 1 aromatic rings. The molecule has 1 rings (SSSR count). The number of nitriles is 1. The maximum Gasteiger partial charge on any atom is 0.305 e. The summed E-state index contributed by atoms with van der Waals surface area (Å²) in [7, 11) is 0.